The van der Waals surface area contributed by atoms with Gasteiger partial charge in [-0.15, -0.1) is 0 Å². The molecule has 0 bridgehead atoms. The fraction of sp³-hybridized carbons (Fsp3) is 0.500. The van der Waals surface area contributed by atoms with E-state index in [1.165, 1.54) is 25.1 Å². The van der Waals surface area contributed by atoms with E-state index in [2.05, 4.69) is 10.1 Å². The number of para-hydroxylation sites is 1. The third kappa shape index (κ3) is 6.72. The van der Waals surface area contributed by atoms with E-state index in [-0.39, 0.29) is 11.6 Å². The molecule has 1 fully saturated rings. The molecule has 5 N–H and O–H groups in total. The Hall–Kier alpha value is -2.87. The van der Waals surface area contributed by atoms with Crippen LogP contribution in [0.3, 0.4) is 0 Å². The van der Waals surface area contributed by atoms with E-state index in [1.807, 2.05) is 0 Å². The molecule has 0 saturated carbocycles. The minimum atomic E-state index is -4.35. The van der Waals surface area contributed by atoms with E-state index in [4.69, 9.17) is 24.3 Å². The minimum Gasteiger partial charge on any atom is -0.462 e. The highest BCUT2D eigenvalue weighted by atomic mass is 31.2. The lowest BCUT2D eigenvalue weighted by molar-refractivity contribution is -0.149. The van der Waals surface area contributed by atoms with Crippen LogP contribution in [0.4, 0.5) is 10.2 Å². The van der Waals surface area contributed by atoms with Gasteiger partial charge in [-0.05, 0) is 39.0 Å². The average Bonchev–Trinajstić information content (AvgIpc) is 3.08. The third-order valence-corrected chi connectivity index (χ3v) is 6.99. The van der Waals surface area contributed by atoms with Crippen LogP contribution >= 0.6 is 7.75 Å². The Morgan fingerprint density at radius 3 is 2.59 bits per heavy atom. The number of rotatable bonds is 11. The van der Waals surface area contributed by atoms with Gasteiger partial charge in [0.2, 0.25) is 0 Å². The van der Waals surface area contributed by atoms with Gasteiger partial charge in [-0.1, -0.05) is 18.2 Å². The summed E-state index contributed by atoms with van der Waals surface area (Å²) < 4.78 is 49.9. The first kappa shape index (κ1) is 28.7. The predicted octanol–water partition coefficient (Wildman–Crippen LogP) is 0.918. The number of aliphatic hydroxyl groups is 2. The summed E-state index contributed by atoms with van der Waals surface area (Å²) in [6.45, 7) is 2.48. The molecule has 2 aromatic rings. The Morgan fingerprint density at radius 2 is 2.00 bits per heavy atom. The minimum absolute atomic E-state index is 0.112. The molecule has 1 aromatic heterocycles. The smallest absolute Gasteiger partial charge is 0.459 e. The molecule has 37 heavy (non-hydrogen) atoms. The first-order valence-electron chi connectivity index (χ1n) is 11.3. The predicted molar refractivity (Wildman–Crippen MR) is 128 cm³/mol. The van der Waals surface area contributed by atoms with Crippen LogP contribution in [0.5, 0.6) is 5.75 Å². The summed E-state index contributed by atoms with van der Waals surface area (Å²) in [5.74, 6) is -0.707. The number of esters is 1. The maximum atomic E-state index is 13.9. The zero-order chi connectivity index (χ0) is 27.4. The van der Waals surface area contributed by atoms with E-state index in [0.29, 0.717) is 0 Å². The van der Waals surface area contributed by atoms with Gasteiger partial charge in [0.15, 0.2) is 11.8 Å². The highest BCUT2D eigenvalue weighted by Gasteiger charge is 2.57. The summed E-state index contributed by atoms with van der Waals surface area (Å²) in [7, 11) is -4.35. The number of hydrogen-bond acceptors (Lipinski definition) is 11. The first-order chi connectivity index (χ1) is 17.4. The van der Waals surface area contributed by atoms with E-state index in [1.54, 1.807) is 32.0 Å². The van der Waals surface area contributed by atoms with Crippen molar-refractivity contribution in [3.05, 3.63) is 53.1 Å². The van der Waals surface area contributed by atoms with Gasteiger partial charge in [-0.25, -0.2) is 13.8 Å². The fourth-order valence-electron chi connectivity index (χ4n) is 3.52. The number of carbonyl (C=O) groups excluding carboxylic acids is 1. The number of benzene rings is 1. The number of hydrogen-bond donors (Lipinski definition) is 4. The van der Waals surface area contributed by atoms with Crippen LogP contribution in [0.2, 0.25) is 0 Å². The van der Waals surface area contributed by atoms with Gasteiger partial charge in [-0.3, -0.25) is 13.9 Å². The maximum absolute atomic E-state index is 13.9. The van der Waals surface area contributed by atoms with Crippen LogP contribution < -0.4 is 21.0 Å². The normalized spacial score (nSPS) is 26.0. The van der Waals surface area contributed by atoms with Crippen LogP contribution in [-0.4, -0.2) is 69.0 Å². The van der Waals surface area contributed by atoms with Gasteiger partial charge in [0, 0.05) is 6.20 Å². The fourth-order valence-corrected chi connectivity index (χ4v) is 5.02. The van der Waals surface area contributed by atoms with Crippen molar-refractivity contribution in [1.29, 1.82) is 0 Å². The quantitative estimate of drug-likeness (QED) is 0.232. The van der Waals surface area contributed by atoms with Gasteiger partial charge in [-0.2, -0.15) is 10.1 Å². The van der Waals surface area contributed by atoms with Crippen molar-refractivity contribution in [3.63, 3.8) is 0 Å². The Kier molecular flexibility index (Phi) is 9.05. The Bertz CT molecular complexity index is 1180. The van der Waals surface area contributed by atoms with E-state index < -0.39 is 68.9 Å². The molecule has 0 radical (unpaired) electrons. The Labute approximate surface area is 211 Å². The van der Waals surface area contributed by atoms with Crippen molar-refractivity contribution in [1.82, 2.24) is 14.6 Å². The maximum Gasteiger partial charge on any atom is 0.459 e. The molecule has 0 amide bonds. The molecule has 3 rings (SSSR count). The van der Waals surface area contributed by atoms with Gasteiger partial charge in [0.25, 0.3) is 0 Å². The summed E-state index contributed by atoms with van der Waals surface area (Å²) >= 11 is 0. The number of nitrogens with two attached hydrogens (primary N) is 1. The second kappa shape index (κ2) is 11.7. The summed E-state index contributed by atoms with van der Waals surface area (Å²) in [5.41, 5.74) is 1.95. The summed E-state index contributed by atoms with van der Waals surface area (Å²) in [4.78, 5) is 28.0. The Morgan fingerprint density at radius 1 is 1.32 bits per heavy atom. The zero-order valence-corrected chi connectivity index (χ0v) is 21.3. The van der Waals surface area contributed by atoms with Crippen LogP contribution in [-0.2, 0) is 23.4 Å². The number of nitrogens with one attached hydrogen (secondary N) is 1. The molecule has 1 saturated heterocycles. The SMILES string of the molecule is CC(C)OC(=O)[C@H](C)N[P@](=O)(OC[C@H]1O[C@@H](n2ccc(N)nc2=O)[C@@](O)(CF)C1O)Oc1ccccc1. The standard InChI is InChI=1S/C22H30FN4O9P/c1-13(2)34-19(29)14(3)26-37(32,36-15-7-5-4-6-8-15)33-11-16-18(28)22(31,12-23)20(35-16)27-10-9-17(24)25-21(27)30/h4-10,13-14,16,18,20,28,31H,11-12H2,1-3H3,(H,26,32)(H2,24,25,30)/t14-,16+,18?,20+,22+,37-/m0/s1. The van der Waals surface area contributed by atoms with Gasteiger partial charge < -0.3 is 29.9 Å². The van der Waals surface area contributed by atoms with E-state index in [0.717, 1.165) is 10.8 Å². The molecule has 1 aliphatic heterocycles. The lowest BCUT2D eigenvalue weighted by Gasteiger charge is -2.28. The third-order valence-electron chi connectivity index (χ3n) is 5.35. The van der Waals surface area contributed by atoms with Crippen molar-refractivity contribution >= 4 is 19.5 Å². The average molecular weight is 544 g/mol. The van der Waals surface area contributed by atoms with E-state index >= 15 is 0 Å². The molecule has 2 heterocycles. The molecule has 1 aromatic carbocycles. The monoisotopic (exact) mass is 544 g/mol. The topological polar surface area (TPSA) is 184 Å². The molecule has 1 unspecified atom stereocenters. The summed E-state index contributed by atoms with van der Waals surface area (Å²) in [5, 5.41) is 23.9. The molecule has 13 nitrogen and oxygen atoms in total. The first-order valence-corrected chi connectivity index (χ1v) is 12.9. The molecule has 0 aliphatic carbocycles. The number of aromatic nitrogens is 2. The lowest BCUT2D eigenvalue weighted by atomic mass is 9.95. The van der Waals surface area contributed by atoms with Crippen LogP contribution in [0.15, 0.2) is 47.4 Å². The second-order valence-electron chi connectivity index (χ2n) is 8.67. The number of aliphatic hydroxyl groups excluding tert-OH is 1. The highest BCUT2D eigenvalue weighted by Crippen LogP contribution is 2.47. The zero-order valence-electron chi connectivity index (χ0n) is 20.4. The van der Waals surface area contributed by atoms with Crippen LogP contribution in [0.1, 0.15) is 27.0 Å². The number of carbonyl (C=O) groups is 1. The van der Waals surface area contributed by atoms with Crippen molar-refractivity contribution in [2.45, 2.75) is 57.0 Å². The van der Waals surface area contributed by atoms with Crippen molar-refractivity contribution < 1.29 is 42.5 Å². The second-order valence-corrected chi connectivity index (χ2v) is 10.4. The summed E-state index contributed by atoms with van der Waals surface area (Å²) in [6.07, 6.45) is -4.40. The van der Waals surface area contributed by atoms with Crippen LogP contribution in [0.25, 0.3) is 0 Å². The molecule has 204 valence electrons. The lowest BCUT2D eigenvalue weighted by Crippen LogP contribution is -2.50. The van der Waals surface area contributed by atoms with E-state index in [9.17, 15) is 28.8 Å². The van der Waals surface area contributed by atoms with Crippen molar-refractivity contribution in [2.24, 2.45) is 0 Å². The molecule has 15 heteroatoms. The van der Waals surface area contributed by atoms with Crippen LogP contribution in [0, 0.1) is 0 Å². The highest BCUT2D eigenvalue weighted by molar-refractivity contribution is 7.52. The molecule has 1 aliphatic rings. The van der Waals surface area contributed by atoms with Gasteiger partial charge in [0.1, 0.15) is 36.5 Å². The van der Waals surface area contributed by atoms with Gasteiger partial charge >= 0.3 is 19.4 Å². The number of nitrogens with zero attached hydrogens (tertiary/aromatic N) is 2. The number of alkyl halides is 1. The molecular weight excluding hydrogens is 514 g/mol. The molecule has 6 atom stereocenters. The number of ether oxygens (including phenoxy) is 2. The number of halogens is 1. The van der Waals surface area contributed by atoms with Gasteiger partial charge in [0.05, 0.1) is 12.7 Å². The summed E-state index contributed by atoms with van der Waals surface area (Å²) in [6, 6.07) is 8.00. The number of anilines is 1. The van der Waals surface area contributed by atoms with Crippen molar-refractivity contribution in [2.75, 3.05) is 19.0 Å². The largest absolute Gasteiger partial charge is 0.462 e. The number of nitrogen functional groups attached to an aromatic ring is 1. The molecular formula is C22H30FN4O9P. The van der Waals surface area contributed by atoms with Crippen molar-refractivity contribution in [3.8, 4) is 5.75 Å². The Balaban J connectivity index is 1.82. The molecule has 0 spiro atoms.